The smallest absolute Gasteiger partial charge is 0.0332 e. The highest BCUT2D eigenvalue weighted by molar-refractivity contribution is 4.98. The van der Waals surface area contributed by atoms with Crippen LogP contribution in [-0.4, -0.2) is 55.1 Å². The van der Waals surface area contributed by atoms with Crippen LogP contribution in [0.1, 0.15) is 58.8 Å². The maximum Gasteiger partial charge on any atom is 0.0332 e. The summed E-state index contributed by atoms with van der Waals surface area (Å²) < 4.78 is 0. The van der Waals surface area contributed by atoms with Gasteiger partial charge >= 0.3 is 0 Å². The Hall–Kier alpha value is -0.120. The van der Waals surface area contributed by atoms with E-state index in [2.05, 4.69) is 37.7 Å². The van der Waals surface area contributed by atoms with Crippen molar-refractivity contribution in [3.05, 3.63) is 0 Å². The first kappa shape index (κ1) is 16.3. The molecule has 2 aliphatic rings. The van der Waals surface area contributed by atoms with Crippen LogP contribution in [0.2, 0.25) is 0 Å². The van der Waals surface area contributed by atoms with Gasteiger partial charge in [0.25, 0.3) is 0 Å². The van der Waals surface area contributed by atoms with Crippen LogP contribution in [0.25, 0.3) is 0 Å². The number of likely N-dealkylation sites (N-methyl/N-ethyl adjacent to an activating group) is 1. The minimum absolute atomic E-state index is 0.280. The number of piperidine rings is 1. The summed E-state index contributed by atoms with van der Waals surface area (Å²) in [5.74, 6) is 0. The lowest BCUT2D eigenvalue weighted by atomic mass is 9.82. The molecule has 20 heavy (non-hydrogen) atoms. The summed E-state index contributed by atoms with van der Waals surface area (Å²) in [7, 11) is 4.44. The van der Waals surface area contributed by atoms with E-state index in [1.807, 2.05) is 0 Å². The molecular weight excluding hydrogens is 246 g/mol. The molecule has 2 unspecified atom stereocenters. The summed E-state index contributed by atoms with van der Waals surface area (Å²) in [6.07, 6.45) is 9.29. The zero-order valence-electron chi connectivity index (χ0n) is 14.1. The Morgan fingerprint density at radius 1 is 1.10 bits per heavy atom. The number of nitrogens with zero attached hydrogens (tertiary/aromatic N) is 2. The molecule has 2 N–H and O–H groups in total. The maximum absolute atomic E-state index is 6.29. The van der Waals surface area contributed by atoms with Gasteiger partial charge in [-0.3, -0.25) is 4.90 Å². The van der Waals surface area contributed by atoms with Gasteiger partial charge < -0.3 is 10.6 Å². The molecule has 1 heterocycles. The van der Waals surface area contributed by atoms with Gasteiger partial charge in [0.2, 0.25) is 0 Å². The van der Waals surface area contributed by atoms with Crippen LogP contribution < -0.4 is 5.73 Å². The highest BCUT2D eigenvalue weighted by atomic mass is 15.3. The minimum Gasteiger partial charge on any atom is -0.329 e. The van der Waals surface area contributed by atoms with Crippen LogP contribution >= 0.6 is 0 Å². The van der Waals surface area contributed by atoms with E-state index >= 15 is 0 Å². The third-order valence-electron chi connectivity index (χ3n) is 5.94. The molecule has 0 spiro atoms. The normalized spacial score (nSPS) is 36.0. The van der Waals surface area contributed by atoms with Crippen molar-refractivity contribution >= 4 is 0 Å². The first-order valence-electron chi connectivity index (χ1n) is 8.50. The van der Waals surface area contributed by atoms with Crippen LogP contribution in [0.3, 0.4) is 0 Å². The molecule has 0 aromatic heterocycles. The van der Waals surface area contributed by atoms with Gasteiger partial charge in [-0.1, -0.05) is 20.3 Å². The molecule has 2 atom stereocenters. The second-order valence-electron chi connectivity index (χ2n) is 8.15. The van der Waals surface area contributed by atoms with Gasteiger partial charge in [0.15, 0.2) is 0 Å². The van der Waals surface area contributed by atoms with Crippen LogP contribution in [-0.2, 0) is 0 Å². The lowest BCUT2D eigenvalue weighted by molar-refractivity contribution is 0.0234. The highest BCUT2D eigenvalue weighted by Gasteiger charge is 2.41. The fraction of sp³-hybridized carbons (Fsp3) is 1.00. The molecule has 0 aromatic rings. The summed E-state index contributed by atoms with van der Waals surface area (Å²) >= 11 is 0. The number of likely N-dealkylation sites (tertiary alicyclic amines) is 1. The van der Waals surface area contributed by atoms with Gasteiger partial charge in [-0.2, -0.15) is 0 Å². The van der Waals surface area contributed by atoms with Crippen molar-refractivity contribution in [1.82, 2.24) is 9.80 Å². The Morgan fingerprint density at radius 2 is 1.85 bits per heavy atom. The third kappa shape index (κ3) is 3.55. The molecule has 118 valence electrons. The van der Waals surface area contributed by atoms with Gasteiger partial charge in [-0.25, -0.2) is 0 Å². The fourth-order valence-electron chi connectivity index (χ4n) is 4.17. The van der Waals surface area contributed by atoms with Crippen molar-refractivity contribution in [3.8, 4) is 0 Å². The van der Waals surface area contributed by atoms with Crippen LogP contribution in [0.5, 0.6) is 0 Å². The van der Waals surface area contributed by atoms with E-state index in [0.29, 0.717) is 11.5 Å². The maximum atomic E-state index is 6.29. The summed E-state index contributed by atoms with van der Waals surface area (Å²) in [6, 6.07) is 0.712. The Bertz CT molecular complexity index is 313. The Kier molecular flexibility index (Phi) is 5.14. The first-order valence-corrected chi connectivity index (χ1v) is 8.50. The minimum atomic E-state index is 0.280. The van der Waals surface area contributed by atoms with Crippen LogP contribution in [0.15, 0.2) is 0 Å². The second-order valence-corrected chi connectivity index (χ2v) is 8.15. The molecule has 1 saturated carbocycles. The standard InChI is InChI=1S/C17H35N3/c1-16(2)8-6-9-17(14-18,11-10-16)20-12-5-7-15(13-20)19(3)4/h15H,5-14,18H2,1-4H3. The van der Waals surface area contributed by atoms with Crippen molar-refractivity contribution in [2.45, 2.75) is 70.4 Å². The zero-order chi connectivity index (χ0) is 14.8. The van der Waals surface area contributed by atoms with E-state index in [1.54, 1.807) is 0 Å². The second kappa shape index (κ2) is 6.33. The summed E-state index contributed by atoms with van der Waals surface area (Å²) in [6.45, 7) is 8.16. The largest absolute Gasteiger partial charge is 0.329 e. The van der Waals surface area contributed by atoms with E-state index < -0.39 is 0 Å². The lowest BCUT2D eigenvalue weighted by Crippen LogP contribution is -2.59. The van der Waals surface area contributed by atoms with Gasteiger partial charge in [-0.05, 0) is 64.6 Å². The number of rotatable bonds is 3. The molecule has 0 bridgehead atoms. The Labute approximate surface area is 125 Å². The van der Waals surface area contributed by atoms with E-state index in [4.69, 9.17) is 5.73 Å². The molecule has 2 fully saturated rings. The zero-order valence-corrected chi connectivity index (χ0v) is 14.1. The van der Waals surface area contributed by atoms with E-state index in [-0.39, 0.29) is 5.54 Å². The van der Waals surface area contributed by atoms with Crippen molar-refractivity contribution in [3.63, 3.8) is 0 Å². The van der Waals surface area contributed by atoms with Gasteiger partial charge in [-0.15, -0.1) is 0 Å². The number of nitrogens with two attached hydrogens (primary N) is 1. The summed E-state index contributed by atoms with van der Waals surface area (Å²) in [5.41, 5.74) is 7.08. The molecule has 1 saturated heterocycles. The van der Waals surface area contributed by atoms with Crippen LogP contribution in [0, 0.1) is 5.41 Å². The summed E-state index contributed by atoms with van der Waals surface area (Å²) in [4.78, 5) is 5.15. The monoisotopic (exact) mass is 281 g/mol. The quantitative estimate of drug-likeness (QED) is 0.807. The van der Waals surface area contributed by atoms with E-state index in [1.165, 1.54) is 58.0 Å². The van der Waals surface area contributed by atoms with Crippen molar-refractivity contribution in [1.29, 1.82) is 0 Å². The fourth-order valence-corrected chi connectivity index (χ4v) is 4.17. The van der Waals surface area contributed by atoms with Crippen LogP contribution in [0.4, 0.5) is 0 Å². The molecule has 2 rings (SSSR count). The highest BCUT2D eigenvalue weighted by Crippen LogP contribution is 2.41. The molecule has 1 aliphatic heterocycles. The Balaban J connectivity index is 2.09. The third-order valence-corrected chi connectivity index (χ3v) is 5.94. The average Bonchev–Trinajstić information content (AvgIpc) is 2.58. The SMILES string of the molecule is CN(C)C1CCCN(C2(CN)CCCC(C)(C)CC2)C1. The van der Waals surface area contributed by atoms with E-state index in [0.717, 1.165) is 6.54 Å². The molecule has 0 aromatic carbocycles. The number of hydrogen-bond acceptors (Lipinski definition) is 3. The topological polar surface area (TPSA) is 32.5 Å². The molecule has 3 nitrogen and oxygen atoms in total. The lowest BCUT2D eigenvalue weighted by Gasteiger charge is -2.48. The first-order chi connectivity index (χ1) is 9.38. The van der Waals surface area contributed by atoms with Crippen molar-refractivity contribution in [2.24, 2.45) is 11.1 Å². The van der Waals surface area contributed by atoms with Crippen molar-refractivity contribution in [2.75, 3.05) is 33.7 Å². The predicted molar refractivity (Wildman–Crippen MR) is 86.9 cm³/mol. The summed E-state index contributed by atoms with van der Waals surface area (Å²) in [5, 5.41) is 0. The van der Waals surface area contributed by atoms with Crippen molar-refractivity contribution < 1.29 is 0 Å². The molecular formula is C17H35N3. The van der Waals surface area contributed by atoms with Gasteiger partial charge in [0, 0.05) is 24.7 Å². The number of hydrogen-bond donors (Lipinski definition) is 1. The molecule has 0 radical (unpaired) electrons. The van der Waals surface area contributed by atoms with E-state index in [9.17, 15) is 0 Å². The molecule has 0 amide bonds. The molecule has 3 heteroatoms. The van der Waals surface area contributed by atoms with Gasteiger partial charge in [0.05, 0.1) is 0 Å². The molecule has 1 aliphatic carbocycles. The Morgan fingerprint density at radius 3 is 2.50 bits per heavy atom. The predicted octanol–water partition coefficient (Wildman–Crippen LogP) is 2.70. The average molecular weight is 281 g/mol. The van der Waals surface area contributed by atoms with Gasteiger partial charge in [0.1, 0.15) is 0 Å².